The van der Waals surface area contributed by atoms with Gasteiger partial charge in [-0.05, 0) is 19.3 Å². The molecular weight excluding hydrogens is 322 g/mol. The van der Waals surface area contributed by atoms with Crippen LogP contribution in [-0.4, -0.2) is 60.1 Å². The Morgan fingerprint density at radius 2 is 1.83 bits per heavy atom. The summed E-state index contributed by atoms with van der Waals surface area (Å²) in [5.41, 5.74) is 1.07. The van der Waals surface area contributed by atoms with Crippen molar-refractivity contribution >= 4 is 29.3 Å². The fraction of sp³-hybridized carbons (Fsp3) is 0.706. The molecule has 24 heavy (non-hydrogen) atoms. The van der Waals surface area contributed by atoms with Crippen LogP contribution in [-0.2, 0) is 4.79 Å². The van der Waals surface area contributed by atoms with Crippen molar-refractivity contribution in [2.24, 2.45) is 5.92 Å². The summed E-state index contributed by atoms with van der Waals surface area (Å²) in [7, 11) is 0. The van der Waals surface area contributed by atoms with E-state index in [-0.39, 0.29) is 11.8 Å². The van der Waals surface area contributed by atoms with Crippen molar-refractivity contribution in [3.8, 4) is 0 Å². The summed E-state index contributed by atoms with van der Waals surface area (Å²) in [6.45, 7) is 6.71. The third kappa shape index (κ3) is 4.32. The lowest BCUT2D eigenvalue weighted by Crippen LogP contribution is -2.41. The first-order valence-corrected chi connectivity index (χ1v) is 10.1. The van der Waals surface area contributed by atoms with Crippen molar-refractivity contribution in [3.05, 3.63) is 12.4 Å². The summed E-state index contributed by atoms with van der Waals surface area (Å²) in [5, 5.41) is 3.01. The number of anilines is 2. The van der Waals surface area contributed by atoms with E-state index in [4.69, 9.17) is 0 Å². The van der Waals surface area contributed by atoms with Crippen LogP contribution < -0.4 is 15.1 Å². The Hall–Kier alpha value is -1.50. The summed E-state index contributed by atoms with van der Waals surface area (Å²) < 4.78 is 0. The van der Waals surface area contributed by atoms with Crippen LogP contribution in [0.1, 0.15) is 26.2 Å². The summed E-state index contributed by atoms with van der Waals surface area (Å²) in [6, 6.07) is 0. The molecule has 3 heterocycles. The van der Waals surface area contributed by atoms with E-state index in [1.807, 2.05) is 24.2 Å². The summed E-state index contributed by atoms with van der Waals surface area (Å²) in [4.78, 5) is 25.7. The molecule has 2 saturated heterocycles. The number of carbonyl (C=O) groups is 1. The van der Waals surface area contributed by atoms with Gasteiger partial charge in [0.25, 0.3) is 0 Å². The quantitative estimate of drug-likeness (QED) is 0.874. The van der Waals surface area contributed by atoms with E-state index in [0.29, 0.717) is 0 Å². The molecule has 0 unspecified atom stereocenters. The third-order valence-corrected chi connectivity index (χ3v) is 5.64. The number of hydrogen-bond acceptors (Lipinski definition) is 6. The number of aromatic nitrogens is 2. The Labute approximate surface area is 148 Å². The van der Waals surface area contributed by atoms with E-state index in [9.17, 15) is 4.79 Å². The van der Waals surface area contributed by atoms with E-state index in [1.54, 1.807) is 0 Å². The summed E-state index contributed by atoms with van der Waals surface area (Å²) in [5.74, 6) is 3.51. The topological polar surface area (TPSA) is 61.4 Å². The van der Waals surface area contributed by atoms with E-state index < -0.39 is 0 Å². The van der Waals surface area contributed by atoms with Crippen molar-refractivity contribution in [1.82, 2.24) is 15.3 Å². The molecule has 1 aromatic rings. The molecule has 0 aliphatic carbocycles. The fourth-order valence-corrected chi connectivity index (χ4v) is 4.10. The van der Waals surface area contributed by atoms with Crippen LogP contribution >= 0.6 is 11.8 Å². The second-order valence-electron chi connectivity index (χ2n) is 6.39. The van der Waals surface area contributed by atoms with Gasteiger partial charge in [0.05, 0.1) is 18.1 Å². The van der Waals surface area contributed by atoms with Gasteiger partial charge in [-0.15, -0.1) is 0 Å². The maximum atomic E-state index is 12.1. The molecule has 2 fully saturated rings. The van der Waals surface area contributed by atoms with Gasteiger partial charge in [0.1, 0.15) is 0 Å². The number of thioether (sulfide) groups is 1. The van der Waals surface area contributed by atoms with Crippen molar-refractivity contribution in [3.63, 3.8) is 0 Å². The highest BCUT2D eigenvalue weighted by Gasteiger charge is 2.25. The Morgan fingerprint density at radius 3 is 2.46 bits per heavy atom. The van der Waals surface area contributed by atoms with Gasteiger partial charge in [-0.2, -0.15) is 11.8 Å². The molecule has 2 aliphatic heterocycles. The minimum Gasteiger partial charge on any atom is -0.369 e. The van der Waals surface area contributed by atoms with E-state index in [1.165, 1.54) is 0 Å². The molecule has 0 atom stereocenters. The number of hydrogen-bond donors (Lipinski definition) is 1. The number of nitrogens with zero attached hydrogens (tertiary/aromatic N) is 4. The van der Waals surface area contributed by atoms with Gasteiger partial charge in [-0.3, -0.25) is 4.79 Å². The minimum absolute atomic E-state index is 0.152. The van der Waals surface area contributed by atoms with Crippen LogP contribution in [0.25, 0.3) is 0 Å². The molecule has 132 valence electrons. The zero-order valence-corrected chi connectivity index (χ0v) is 15.2. The monoisotopic (exact) mass is 349 g/mol. The van der Waals surface area contributed by atoms with Crippen LogP contribution in [0, 0.1) is 5.92 Å². The first-order chi connectivity index (χ1) is 11.8. The first kappa shape index (κ1) is 17.3. The molecule has 2 aliphatic rings. The Morgan fingerprint density at radius 1 is 1.17 bits per heavy atom. The summed E-state index contributed by atoms with van der Waals surface area (Å²) >= 11 is 1.99. The lowest BCUT2D eigenvalue weighted by atomic mass is 9.95. The van der Waals surface area contributed by atoms with Gasteiger partial charge in [-0.25, -0.2) is 9.97 Å². The van der Waals surface area contributed by atoms with Crippen molar-refractivity contribution in [2.45, 2.75) is 26.2 Å². The Balaban J connectivity index is 1.52. The Kier molecular flexibility index (Phi) is 6.18. The average Bonchev–Trinajstić information content (AvgIpc) is 2.67. The highest BCUT2D eigenvalue weighted by Crippen LogP contribution is 2.23. The first-order valence-electron chi connectivity index (χ1n) is 8.95. The Bertz CT molecular complexity index is 524. The highest BCUT2D eigenvalue weighted by atomic mass is 32.2. The molecule has 1 aromatic heterocycles. The lowest BCUT2D eigenvalue weighted by molar-refractivity contribution is -0.125. The van der Waals surface area contributed by atoms with Crippen LogP contribution in [0.5, 0.6) is 0 Å². The maximum absolute atomic E-state index is 12.1. The number of amides is 1. The minimum atomic E-state index is 0.152. The summed E-state index contributed by atoms with van der Waals surface area (Å²) in [6.07, 6.45) is 6.66. The van der Waals surface area contributed by atoms with E-state index in [0.717, 1.165) is 75.1 Å². The largest absolute Gasteiger partial charge is 0.369 e. The predicted octanol–water partition coefficient (Wildman–Crippen LogP) is 1.77. The smallest absolute Gasteiger partial charge is 0.225 e. The number of piperidine rings is 1. The number of nitrogens with one attached hydrogen (secondary N) is 1. The molecule has 0 spiro atoms. The molecule has 1 N–H and O–H groups in total. The number of rotatable bonds is 5. The van der Waals surface area contributed by atoms with Crippen molar-refractivity contribution in [1.29, 1.82) is 0 Å². The second-order valence-corrected chi connectivity index (χ2v) is 7.62. The second kappa shape index (κ2) is 8.55. The molecule has 7 heteroatoms. The van der Waals surface area contributed by atoms with Crippen LogP contribution in [0.15, 0.2) is 12.4 Å². The van der Waals surface area contributed by atoms with E-state index >= 15 is 0 Å². The standard InChI is InChI=1S/C17H27N5OS/c1-2-5-18-16(23)14-3-6-21(7-4-14)15-12-19-17(20-13-15)22-8-10-24-11-9-22/h12-14H,2-11H2,1H3,(H,18,23). The maximum Gasteiger partial charge on any atom is 0.225 e. The molecule has 0 aromatic carbocycles. The van der Waals surface area contributed by atoms with Gasteiger partial charge in [0.2, 0.25) is 11.9 Å². The molecule has 1 amide bonds. The van der Waals surface area contributed by atoms with Gasteiger partial charge in [-0.1, -0.05) is 6.92 Å². The third-order valence-electron chi connectivity index (χ3n) is 4.70. The van der Waals surface area contributed by atoms with Crippen molar-refractivity contribution in [2.75, 3.05) is 54.0 Å². The molecule has 3 rings (SSSR count). The molecule has 6 nitrogen and oxygen atoms in total. The highest BCUT2D eigenvalue weighted by molar-refractivity contribution is 7.99. The molecular formula is C17H27N5OS. The van der Waals surface area contributed by atoms with Crippen LogP contribution in [0.2, 0.25) is 0 Å². The van der Waals surface area contributed by atoms with Crippen LogP contribution in [0.4, 0.5) is 11.6 Å². The molecule has 0 radical (unpaired) electrons. The van der Waals surface area contributed by atoms with Gasteiger partial charge >= 0.3 is 0 Å². The van der Waals surface area contributed by atoms with E-state index in [2.05, 4.69) is 32.0 Å². The number of carbonyl (C=O) groups excluding carboxylic acids is 1. The zero-order chi connectivity index (χ0) is 16.8. The predicted molar refractivity (Wildman–Crippen MR) is 99.8 cm³/mol. The zero-order valence-electron chi connectivity index (χ0n) is 14.4. The fourth-order valence-electron chi connectivity index (χ4n) is 3.20. The van der Waals surface area contributed by atoms with Gasteiger partial charge in [0.15, 0.2) is 0 Å². The SMILES string of the molecule is CCCNC(=O)C1CCN(c2cnc(N3CCSCC3)nc2)CC1. The molecule has 0 saturated carbocycles. The van der Waals surface area contributed by atoms with Gasteiger partial charge < -0.3 is 15.1 Å². The lowest BCUT2D eigenvalue weighted by Gasteiger charge is -2.33. The molecule has 0 bridgehead atoms. The average molecular weight is 350 g/mol. The van der Waals surface area contributed by atoms with Crippen molar-refractivity contribution < 1.29 is 4.79 Å². The van der Waals surface area contributed by atoms with Gasteiger partial charge in [0, 0.05) is 50.1 Å². The normalized spacial score (nSPS) is 19.4. The van der Waals surface area contributed by atoms with Crippen LogP contribution in [0.3, 0.4) is 0 Å².